The maximum atomic E-state index is 11.8. The van der Waals surface area contributed by atoms with Gasteiger partial charge in [0.1, 0.15) is 10.2 Å². The SMILES string of the molecule is COc1ccc(C)cc1CCNc1cnn(C)c(=O)c1Br. The fourth-order valence-corrected chi connectivity index (χ4v) is 2.57. The highest BCUT2D eigenvalue weighted by Gasteiger charge is 2.07. The fraction of sp³-hybridized carbons (Fsp3) is 0.333. The molecule has 1 aromatic heterocycles. The summed E-state index contributed by atoms with van der Waals surface area (Å²) < 4.78 is 7.15. The van der Waals surface area contributed by atoms with Crippen molar-refractivity contribution >= 4 is 21.6 Å². The molecule has 5 nitrogen and oxygen atoms in total. The van der Waals surface area contributed by atoms with Crippen LogP contribution in [0.5, 0.6) is 5.75 Å². The molecular formula is C15H18BrN3O2. The first-order chi connectivity index (χ1) is 10.0. The van der Waals surface area contributed by atoms with Gasteiger partial charge in [0.25, 0.3) is 5.56 Å². The van der Waals surface area contributed by atoms with Crippen LogP contribution in [0.3, 0.4) is 0 Å². The minimum atomic E-state index is -0.159. The zero-order valence-corrected chi connectivity index (χ0v) is 13.9. The van der Waals surface area contributed by atoms with E-state index >= 15 is 0 Å². The molecule has 1 heterocycles. The van der Waals surface area contributed by atoms with Gasteiger partial charge in [-0.3, -0.25) is 4.79 Å². The van der Waals surface area contributed by atoms with Crippen molar-refractivity contribution in [1.82, 2.24) is 9.78 Å². The Balaban J connectivity index is 2.07. The maximum absolute atomic E-state index is 11.8. The molecule has 0 spiro atoms. The van der Waals surface area contributed by atoms with Crippen LogP contribution in [0, 0.1) is 6.92 Å². The summed E-state index contributed by atoms with van der Waals surface area (Å²) in [5.74, 6) is 0.878. The quantitative estimate of drug-likeness (QED) is 0.899. The number of nitrogens with one attached hydrogen (secondary N) is 1. The van der Waals surface area contributed by atoms with E-state index in [9.17, 15) is 4.79 Å². The number of nitrogens with zero attached hydrogens (tertiary/aromatic N) is 2. The lowest BCUT2D eigenvalue weighted by molar-refractivity contribution is 0.410. The number of hydrogen-bond acceptors (Lipinski definition) is 4. The fourth-order valence-electron chi connectivity index (χ4n) is 2.07. The lowest BCUT2D eigenvalue weighted by Crippen LogP contribution is -2.21. The van der Waals surface area contributed by atoms with Crippen LogP contribution in [0.25, 0.3) is 0 Å². The van der Waals surface area contributed by atoms with Gasteiger partial charge in [-0.1, -0.05) is 17.7 Å². The van der Waals surface area contributed by atoms with E-state index < -0.39 is 0 Å². The minimum absolute atomic E-state index is 0.159. The van der Waals surface area contributed by atoms with Gasteiger partial charge in [0, 0.05) is 13.6 Å². The average molecular weight is 352 g/mol. The van der Waals surface area contributed by atoms with E-state index in [0.717, 1.165) is 17.7 Å². The van der Waals surface area contributed by atoms with Gasteiger partial charge in [-0.05, 0) is 40.9 Å². The third-order valence-corrected chi connectivity index (χ3v) is 3.99. The lowest BCUT2D eigenvalue weighted by atomic mass is 10.1. The molecule has 0 atom stereocenters. The van der Waals surface area contributed by atoms with Crippen molar-refractivity contribution < 1.29 is 4.74 Å². The normalized spacial score (nSPS) is 10.5. The van der Waals surface area contributed by atoms with E-state index in [2.05, 4.69) is 39.3 Å². The van der Waals surface area contributed by atoms with Crippen LogP contribution in [0.1, 0.15) is 11.1 Å². The Labute approximate surface area is 132 Å². The molecule has 21 heavy (non-hydrogen) atoms. The first kappa shape index (κ1) is 15.6. The minimum Gasteiger partial charge on any atom is -0.496 e. The second-order valence-electron chi connectivity index (χ2n) is 4.79. The van der Waals surface area contributed by atoms with Gasteiger partial charge in [0.05, 0.1) is 19.0 Å². The average Bonchev–Trinajstić information content (AvgIpc) is 2.47. The number of rotatable bonds is 5. The molecule has 0 saturated carbocycles. The summed E-state index contributed by atoms with van der Waals surface area (Å²) in [4.78, 5) is 11.8. The highest BCUT2D eigenvalue weighted by Crippen LogP contribution is 2.21. The first-order valence-corrected chi connectivity index (χ1v) is 7.41. The van der Waals surface area contributed by atoms with E-state index in [0.29, 0.717) is 16.7 Å². The van der Waals surface area contributed by atoms with Crippen LogP contribution in [0.2, 0.25) is 0 Å². The molecular weight excluding hydrogens is 334 g/mol. The monoisotopic (exact) mass is 351 g/mol. The van der Waals surface area contributed by atoms with Crippen molar-refractivity contribution in [3.63, 3.8) is 0 Å². The van der Waals surface area contributed by atoms with Gasteiger partial charge < -0.3 is 10.1 Å². The van der Waals surface area contributed by atoms with E-state index in [1.807, 2.05) is 12.1 Å². The number of aromatic nitrogens is 2. The molecule has 0 aliphatic heterocycles. The Morgan fingerprint density at radius 2 is 2.19 bits per heavy atom. The number of benzene rings is 1. The Hall–Kier alpha value is -1.82. The molecule has 1 aromatic carbocycles. The molecule has 112 valence electrons. The summed E-state index contributed by atoms with van der Waals surface area (Å²) in [6, 6.07) is 6.11. The molecule has 0 aliphatic rings. The van der Waals surface area contributed by atoms with Gasteiger partial charge in [0.15, 0.2) is 0 Å². The van der Waals surface area contributed by atoms with E-state index in [1.54, 1.807) is 20.4 Å². The largest absolute Gasteiger partial charge is 0.496 e. The number of hydrogen-bond donors (Lipinski definition) is 1. The van der Waals surface area contributed by atoms with Crippen molar-refractivity contribution in [3.05, 3.63) is 50.3 Å². The standard InChI is InChI=1S/C15H18BrN3O2/c1-10-4-5-13(21-3)11(8-10)6-7-17-12-9-18-19(2)15(20)14(12)16/h4-5,8-9,17H,6-7H2,1-3H3. The summed E-state index contributed by atoms with van der Waals surface area (Å²) in [5, 5.41) is 7.22. The summed E-state index contributed by atoms with van der Waals surface area (Å²) in [6.07, 6.45) is 2.44. The van der Waals surface area contributed by atoms with Crippen LogP contribution >= 0.6 is 15.9 Å². The summed E-state index contributed by atoms with van der Waals surface area (Å²) in [7, 11) is 3.29. The number of halogens is 1. The molecule has 0 bridgehead atoms. The maximum Gasteiger partial charge on any atom is 0.282 e. The molecule has 0 radical (unpaired) electrons. The number of ether oxygens (including phenoxy) is 1. The van der Waals surface area contributed by atoms with Crippen LogP contribution in [-0.2, 0) is 13.5 Å². The van der Waals surface area contributed by atoms with Gasteiger partial charge in [0.2, 0.25) is 0 Å². The number of anilines is 1. The first-order valence-electron chi connectivity index (χ1n) is 6.62. The predicted molar refractivity (Wildman–Crippen MR) is 87.1 cm³/mol. The van der Waals surface area contributed by atoms with Gasteiger partial charge in [-0.2, -0.15) is 5.10 Å². The smallest absolute Gasteiger partial charge is 0.282 e. The van der Waals surface area contributed by atoms with Gasteiger partial charge in [-0.25, -0.2) is 4.68 Å². The van der Waals surface area contributed by atoms with E-state index in [4.69, 9.17) is 4.74 Å². The lowest BCUT2D eigenvalue weighted by Gasteiger charge is -2.11. The molecule has 2 aromatic rings. The van der Waals surface area contributed by atoms with Crippen LogP contribution in [0.15, 0.2) is 33.7 Å². The number of methoxy groups -OCH3 is 1. The molecule has 6 heteroatoms. The van der Waals surface area contributed by atoms with Crippen LogP contribution < -0.4 is 15.6 Å². The van der Waals surface area contributed by atoms with E-state index in [-0.39, 0.29) is 5.56 Å². The molecule has 1 N–H and O–H groups in total. The van der Waals surface area contributed by atoms with Crippen molar-refractivity contribution in [3.8, 4) is 5.75 Å². The Kier molecular flexibility index (Phi) is 5.01. The summed E-state index contributed by atoms with van der Waals surface area (Å²) >= 11 is 3.30. The number of aryl methyl sites for hydroxylation is 2. The second-order valence-corrected chi connectivity index (χ2v) is 5.59. The second kappa shape index (κ2) is 6.76. The summed E-state index contributed by atoms with van der Waals surface area (Å²) in [6.45, 7) is 2.74. The van der Waals surface area contributed by atoms with Crippen LogP contribution in [-0.4, -0.2) is 23.4 Å². The van der Waals surface area contributed by atoms with Crippen molar-refractivity contribution in [2.75, 3.05) is 19.0 Å². The van der Waals surface area contributed by atoms with Crippen LogP contribution in [0.4, 0.5) is 5.69 Å². The highest BCUT2D eigenvalue weighted by atomic mass is 79.9. The van der Waals surface area contributed by atoms with Gasteiger partial charge >= 0.3 is 0 Å². The molecule has 0 fully saturated rings. The van der Waals surface area contributed by atoms with Crippen molar-refractivity contribution in [2.24, 2.45) is 7.05 Å². The van der Waals surface area contributed by atoms with E-state index in [1.165, 1.54) is 10.2 Å². The zero-order chi connectivity index (χ0) is 15.4. The molecule has 0 saturated heterocycles. The Bertz CT molecular complexity index is 698. The third-order valence-electron chi connectivity index (χ3n) is 3.22. The summed E-state index contributed by atoms with van der Waals surface area (Å²) in [5.41, 5.74) is 2.87. The zero-order valence-electron chi connectivity index (χ0n) is 12.3. The topological polar surface area (TPSA) is 56.1 Å². The van der Waals surface area contributed by atoms with Gasteiger partial charge in [-0.15, -0.1) is 0 Å². The molecule has 0 unspecified atom stereocenters. The van der Waals surface area contributed by atoms with Crippen molar-refractivity contribution in [1.29, 1.82) is 0 Å². The predicted octanol–water partition coefficient (Wildman–Crippen LogP) is 2.51. The third kappa shape index (κ3) is 3.64. The highest BCUT2D eigenvalue weighted by molar-refractivity contribution is 9.10. The van der Waals surface area contributed by atoms with Crippen molar-refractivity contribution in [2.45, 2.75) is 13.3 Å². The molecule has 0 amide bonds. The Morgan fingerprint density at radius 1 is 1.43 bits per heavy atom. The molecule has 0 aliphatic carbocycles. The molecule has 2 rings (SSSR count). The Morgan fingerprint density at radius 3 is 2.90 bits per heavy atom.